The zero-order chi connectivity index (χ0) is 13.4. The Balaban J connectivity index is 1.57. The van der Waals surface area contributed by atoms with Gasteiger partial charge < -0.3 is 0 Å². The lowest BCUT2D eigenvalue weighted by Crippen LogP contribution is -1.77. The first-order chi connectivity index (χ1) is 9.88. The lowest BCUT2D eigenvalue weighted by molar-refractivity contribution is 1.27. The first kappa shape index (κ1) is 12.3. The number of rotatable bonds is 3. The summed E-state index contributed by atoms with van der Waals surface area (Å²) in [7, 11) is 0. The molecule has 0 fully saturated rings. The van der Waals surface area contributed by atoms with Crippen LogP contribution in [0.5, 0.6) is 0 Å². The fourth-order valence-electron chi connectivity index (χ4n) is 2.02. The maximum Gasteiger partial charge on any atom is 0.151 e. The molecule has 0 bridgehead atoms. The number of aromatic nitrogens is 2. The van der Waals surface area contributed by atoms with Crippen molar-refractivity contribution in [2.24, 2.45) is 0 Å². The van der Waals surface area contributed by atoms with Crippen LogP contribution in [0.25, 0.3) is 20.4 Å². The molecule has 20 heavy (non-hydrogen) atoms. The Kier molecular flexibility index (Phi) is 3.18. The van der Waals surface area contributed by atoms with E-state index >= 15 is 0 Å². The lowest BCUT2D eigenvalue weighted by atomic mass is 10.3. The number of hydrogen-bond acceptors (Lipinski definition) is 5. The highest BCUT2D eigenvalue weighted by atomic mass is 32.2. The van der Waals surface area contributed by atoms with Crippen molar-refractivity contribution >= 4 is 54.9 Å². The smallest absolute Gasteiger partial charge is 0.151 e. The molecular weight excluding hydrogens is 304 g/mol. The number of hydrogen-bond donors (Lipinski definition) is 0. The van der Waals surface area contributed by atoms with Crippen molar-refractivity contribution in [2.75, 3.05) is 0 Å². The Bertz CT molecular complexity index is 739. The molecule has 98 valence electrons. The van der Waals surface area contributed by atoms with Crippen molar-refractivity contribution in [3.8, 4) is 0 Å². The van der Waals surface area contributed by atoms with E-state index in [4.69, 9.17) is 0 Å². The summed E-state index contributed by atoms with van der Waals surface area (Å²) in [5.41, 5.74) is 2.18. The van der Waals surface area contributed by atoms with Crippen LogP contribution in [0, 0.1) is 0 Å². The molecule has 0 saturated heterocycles. The molecule has 2 nitrogen and oxygen atoms in total. The average Bonchev–Trinajstić information content (AvgIpc) is 3.07. The highest BCUT2D eigenvalue weighted by Gasteiger charge is 2.07. The van der Waals surface area contributed by atoms with Crippen molar-refractivity contribution in [2.45, 2.75) is 10.1 Å². The Labute approximate surface area is 128 Å². The molecule has 0 atom stereocenters. The van der Waals surface area contributed by atoms with E-state index in [-0.39, 0.29) is 0 Å². The monoisotopic (exact) mass is 314 g/mol. The second-order valence-electron chi connectivity index (χ2n) is 4.31. The van der Waals surface area contributed by atoms with E-state index in [1.165, 1.54) is 9.40 Å². The third kappa shape index (κ3) is 2.32. The molecular formula is C15H10N2S3. The van der Waals surface area contributed by atoms with E-state index in [0.29, 0.717) is 0 Å². The topological polar surface area (TPSA) is 25.8 Å². The summed E-state index contributed by atoms with van der Waals surface area (Å²) in [5, 5.41) is 1.16. The second kappa shape index (κ2) is 5.16. The highest BCUT2D eigenvalue weighted by molar-refractivity contribution is 8.00. The molecule has 0 spiro atoms. The van der Waals surface area contributed by atoms with Crippen molar-refractivity contribution in [1.29, 1.82) is 0 Å². The largest absolute Gasteiger partial charge is 0.240 e. The van der Waals surface area contributed by atoms with Gasteiger partial charge in [0.15, 0.2) is 4.34 Å². The summed E-state index contributed by atoms with van der Waals surface area (Å²) < 4.78 is 3.62. The molecule has 4 aromatic rings. The van der Waals surface area contributed by atoms with Gasteiger partial charge in [-0.15, -0.1) is 22.7 Å². The number of thioether (sulfide) groups is 1. The number of thiazole rings is 2. The van der Waals surface area contributed by atoms with Crippen molar-refractivity contribution in [1.82, 2.24) is 9.97 Å². The van der Waals surface area contributed by atoms with Gasteiger partial charge in [-0.05, 0) is 24.3 Å². The standard InChI is InChI=1S/C15H10N2S3/c1-3-7-12-10(5-1)16-14(19-12)9-18-15-17-11-6-2-4-8-13(11)20-15/h1-8H,9H2. The normalized spacial score (nSPS) is 11.4. The third-order valence-electron chi connectivity index (χ3n) is 2.93. The van der Waals surface area contributed by atoms with Crippen LogP contribution in [0.15, 0.2) is 52.9 Å². The summed E-state index contributed by atoms with van der Waals surface area (Å²) >= 11 is 5.29. The van der Waals surface area contributed by atoms with Gasteiger partial charge in [-0.3, -0.25) is 0 Å². The van der Waals surface area contributed by atoms with E-state index in [0.717, 1.165) is 26.1 Å². The molecule has 2 heterocycles. The lowest BCUT2D eigenvalue weighted by Gasteiger charge is -1.91. The minimum Gasteiger partial charge on any atom is -0.240 e. The molecule has 2 aromatic carbocycles. The minimum absolute atomic E-state index is 0.888. The van der Waals surface area contributed by atoms with E-state index < -0.39 is 0 Å². The SMILES string of the molecule is c1ccc2sc(CSc3nc4ccccc4s3)nc2c1. The van der Waals surface area contributed by atoms with Crippen LogP contribution in [-0.2, 0) is 5.75 Å². The summed E-state index contributed by atoms with van der Waals surface area (Å²) in [6.45, 7) is 0. The number of fused-ring (bicyclic) bond motifs is 2. The fourth-order valence-corrected chi connectivity index (χ4v) is 5.05. The Morgan fingerprint density at radius 2 is 1.45 bits per heavy atom. The van der Waals surface area contributed by atoms with Crippen LogP contribution in [0.4, 0.5) is 0 Å². The summed E-state index contributed by atoms with van der Waals surface area (Å²) in [5.74, 6) is 0.888. The molecule has 0 radical (unpaired) electrons. The van der Waals surface area contributed by atoms with Gasteiger partial charge in [-0.1, -0.05) is 36.0 Å². The van der Waals surface area contributed by atoms with Gasteiger partial charge in [0.25, 0.3) is 0 Å². The van der Waals surface area contributed by atoms with Crippen LogP contribution in [0.1, 0.15) is 5.01 Å². The molecule has 0 aliphatic heterocycles. The van der Waals surface area contributed by atoms with Crippen LogP contribution >= 0.6 is 34.4 Å². The van der Waals surface area contributed by atoms with Gasteiger partial charge >= 0.3 is 0 Å². The van der Waals surface area contributed by atoms with Gasteiger partial charge in [-0.25, -0.2) is 9.97 Å². The van der Waals surface area contributed by atoms with Gasteiger partial charge in [0.05, 0.1) is 26.2 Å². The zero-order valence-electron chi connectivity index (χ0n) is 10.4. The van der Waals surface area contributed by atoms with Gasteiger partial charge in [0.1, 0.15) is 5.01 Å². The van der Waals surface area contributed by atoms with Gasteiger partial charge in [0, 0.05) is 0 Å². The van der Waals surface area contributed by atoms with E-state index in [2.05, 4.69) is 46.4 Å². The zero-order valence-corrected chi connectivity index (χ0v) is 12.9. The van der Waals surface area contributed by atoms with Crippen LogP contribution in [-0.4, -0.2) is 9.97 Å². The molecule has 0 amide bonds. The molecule has 0 saturated carbocycles. The van der Waals surface area contributed by atoms with Crippen molar-refractivity contribution in [3.63, 3.8) is 0 Å². The predicted octanol–water partition coefficient (Wildman–Crippen LogP) is 5.20. The van der Waals surface area contributed by atoms with Crippen molar-refractivity contribution < 1.29 is 0 Å². The average molecular weight is 314 g/mol. The molecule has 0 aliphatic carbocycles. The molecule has 0 unspecified atom stereocenters. The molecule has 2 aromatic heterocycles. The van der Waals surface area contributed by atoms with Crippen LogP contribution in [0.2, 0.25) is 0 Å². The fraction of sp³-hybridized carbons (Fsp3) is 0.0667. The molecule has 5 heteroatoms. The van der Waals surface area contributed by atoms with E-state index in [1.807, 2.05) is 12.1 Å². The van der Waals surface area contributed by atoms with E-state index in [9.17, 15) is 0 Å². The van der Waals surface area contributed by atoms with Crippen molar-refractivity contribution in [3.05, 3.63) is 53.5 Å². The summed E-state index contributed by atoms with van der Waals surface area (Å²) in [6.07, 6.45) is 0. The maximum atomic E-state index is 4.66. The Morgan fingerprint density at radius 1 is 0.800 bits per heavy atom. The van der Waals surface area contributed by atoms with Gasteiger partial charge in [0.2, 0.25) is 0 Å². The highest BCUT2D eigenvalue weighted by Crippen LogP contribution is 2.33. The Hall–Kier alpha value is -1.43. The number of benzene rings is 2. The molecule has 0 N–H and O–H groups in total. The molecule has 4 rings (SSSR count). The predicted molar refractivity (Wildman–Crippen MR) is 88.8 cm³/mol. The third-order valence-corrected chi connectivity index (χ3v) is 6.34. The van der Waals surface area contributed by atoms with Crippen LogP contribution in [0.3, 0.4) is 0 Å². The first-order valence-corrected chi connectivity index (χ1v) is 8.83. The number of nitrogens with zero attached hydrogens (tertiary/aromatic N) is 2. The summed E-state index contributed by atoms with van der Waals surface area (Å²) in [6, 6.07) is 16.6. The van der Waals surface area contributed by atoms with Crippen LogP contribution < -0.4 is 0 Å². The minimum atomic E-state index is 0.888. The summed E-state index contributed by atoms with van der Waals surface area (Å²) in [4.78, 5) is 9.30. The van der Waals surface area contributed by atoms with Gasteiger partial charge in [-0.2, -0.15) is 0 Å². The molecule has 0 aliphatic rings. The Morgan fingerprint density at radius 3 is 2.15 bits per heavy atom. The maximum absolute atomic E-state index is 4.66. The van der Waals surface area contributed by atoms with E-state index in [1.54, 1.807) is 34.4 Å². The second-order valence-corrected chi connectivity index (χ2v) is 7.68. The quantitative estimate of drug-likeness (QED) is 0.486. The number of para-hydroxylation sites is 2. The first-order valence-electron chi connectivity index (χ1n) is 6.21.